The fourth-order valence-corrected chi connectivity index (χ4v) is 0.594. The van der Waals surface area contributed by atoms with E-state index in [1.807, 2.05) is 13.8 Å². The molecular formula is C7H12F. The molecule has 0 unspecified atom stereocenters. The molecule has 8 heavy (non-hydrogen) atoms. The maximum Gasteiger partial charge on any atom is 0.115 e. The van der Waals surface area contributed by atoms with E-state index in [1.165, 1.54) is 0 Å². The van der Waals surface area contributed by atoms with Crippen molar-refractivity contribution in [2.24, 2.45) is 0 Å². The molecule has 0 aliphatic rings. The summed E-state index contributed by atoms with van der Waals surface area (Å²) in [5.41, 5.74) is 1.09. The van der Waals surface area contributed by atoms with Crippen molar-refractivity contribution in [2.75, 3.05) is 6.67 Å². The van der Waals surface area contributed by atoms with Crippen LogP contribution in [0.4, 0.5) is 4.39 Å². The van der Waals surface area contributed by atoms with Crippen LogP contribution in [0, 0.1) is 6.08 Å². The van der Waals surface area contributed by atoms with E-state index < -0.39 is 6.67 Å². The molecule has 0 saturated carbocycles. The third-order valence-corrected chi connectivity index (χ3v) is 1.17. The Labute approximate surface area is 50.4 Å². The highest BCUT2D eigenvalue weighted by Crippen LogP contribution is 2.03. The highest BCUT2D eigenvalue weighted by Gasteiger charge is 1.86. The van der Waals surface area contributed by atoms with Gasteiger partial charge < -0.3 is 0 Å². The van der Waals surface area contributed by atoms with Crippen molar-refractivity contribution < 1.29 is 4.39 Å². The number of allylic oxidation sites excluding steroid dienone is 2. The summed E-state index contributed by atoms with van der Waals surface area (Å²) in [7, 11) is 0. The number of alkyl halides is 1. The molecule has 1 heteroatoms. The lowest BCUT2D eigenvalue weighted by molar-refractivity contribution is 0.548. The molecule has 0 heterocycles. The predicted molar refractivity (Wildman–Crippen MR) is 33.3 cm³/mol. The van der Waals surface area contributed by atoms with Crippen molar-refractivity contribution in [3.05, 3.63) is 11.6 Å². The Balaban J connectivity index is 3.49. The van der Waals surface area contributed by atoms with Crippen LogP contribution in [-0.2, 0) is 0 Å². The first-order valence-electron chi connectivity index (χ1n) is 2.99. The summed E-state index contributed by atoms with van der Waals surface area (Å²) < 4.78 is 11.5. The third-order valence-electron chi connectivity index (χ3n) is 1.17. The second kappa shape index (κ2) is 4.82. The van der Waals surface area contributed by atoms with E-state index in [0.29, 0.717) is 0 Å². The van der Waals surface area contributed by atoms with Gasteiger partial charge in [-0.1, -0.05) is 19.4 Å². The van der Waals surface area contributed by atoms with E-state index in [2.05, 4.69) is 6.08 Å². The second-order valence-corrected chi connectivity index (χ2v) is 1.62. The molecule has 1 radical (unpaired) electrons. The first-order chi connectivity index (χ1) is 3.85. The molecule has 0 nitrogen and oxygen atoms in total. The molecule has 0 aliphatic carbocycles. The molecular weight excluding hydrogens is 103 g/mol. The van der Waals surface area contributed by atoms with Gasteiger partial charge in [-0.05, 0) is 18.9 Å². The van der Waals surface area contributed by atoms with Crippen LogP contribution in [0.1, 0.15) is 26.7 Å². The second-order valence-electron chi connectivity index (χ2n) is 1.62. The molecule has 0 N–H and O–H groups in total. The van der Waals surface area contributed by atoms with E-state index in [9.17, 15) is 4.39 Å². The van der Waals surface area contributed by atoms with Gasteiger partial charge in [0.2, 0.25) is 0 Å². The van der Waals surface area contributed by atoms with Gasteiger partial charge in [0.05, 0.1) is 0 Å². The van der Waals surface area contributed by atoms with Crippen molar-refractivity contribution >= 4 is 0 Å². The van der Waals surface area contributed by atoms with Crippen LogP contribution in [0.2, 0.25) is 0 Å². The van der Waals surface area contributed by atoms with Crippen LogP contribution in [-0.4, -0.2) is 6.67 Å². The Morgan fingerprint density at radius 2 is 1.88 bits per heavy atom. The maximum atomic E-state index is 11.5. The van der Waals surface area contributed by atoms with E-state index >= 15 is 0 Å². The number of rotatable bonds is 3. The summed E-state index contributed by atoms with van der Waals surface area (Å²) in [6.07, 6.45) is 4.49. The van der Waals surface area contributed by atoms with Gasteiger partial charge in [0.1, 0.15) is 6.67 Å². The summed E-state index contributed by atoms with van der Waals surface area (Å²) in [4.78, 5) is 0. The molecule has 0 aromatic rings. The van der Waals surface area contributed by atoms with Gasteiger partial charge in [-0.15, -0.1) is 0 Å². The smallest absolute Gasteiger partial charge is 0.115 e. The van der Waals surface area contributed by atoms with Crippen LogP contribution < -0.4 is 0 Å². The van der Waals surface area contributed by atoms with Gasteiger partial charge in [-0.3, -0.25) is 0 Å². The lowest BCUT2D eigenvalue weighted by Crippen LogP contribution is -1.78. The molecule has 0 saturated heterocycles. The molecule has 0 amide bonds. The monoisotopic (exact) mass is 115 g/mol. The topological polar surface area (TPSA) is 0 Å². The molecule has 0 aliphatic heterocycles. The van der Waals surface area contributed by atoms with Crippen LogP contribution in [0.25, 0.3) is 0 Å². The van der Waals surface area contributed by atoms with Crippen molar-refractivity contribution in [1.82, 2.24) is 0 Å². The molecule has 0 spiro atoms. The summed E-state index contributed by atoms with van der Waals surface area (Å²) in [6.45, 7) is 3.60. The molecule has 0 aromatic carbocycles. The minimum Gasteiger partial charge on any atom is -0.246 e. The summed E-state index contributed by atoms with van der Waals surface area (Å²) >= 11 is 0. The fourth-order valence-electron chi connectivity index (χ4n) is 0.594. The van der Waals surface area contributed by atoms with Gasteiger partial charge >= 0.3 is 0 Å². The van der Waals surface area contributed by atoms with Crippen LogP contribution >= 0.6 is 0 Å². The quantitative estimate of drug-likeness (QED) is 0.530. The number of hydrogen-bond donors (Lipinski definition) is 0. The highest BCUT2D eigenvalue weighted by molar-refractivity contribution is 4.94. The normalized spacial score (nSPS) is 8.88. The number of halogens is 1. The molecule has 0 atom stereocenters. The SMILES string of the molecule is CCC(=[C]CF)CC. The Morgan fingerprint density at radius 1 is 1.38 bits per heavy atom. The molecule has 0 aromatic heterocycles. The first-order valence-corrected chi connectivity index (χ1v) is 2.99. The van der Waals surface area contributed by atoms with Crippen LogP contribution in [0.3, 0.4) is 0 Å². The van der Waals surface area contributed by atoms with Crippen LogP contribution in [0.5, 0.6) is 0 Å². The fraction of sp³-hybridized carbons (Fsp3) is 0.714. The molecule has 0 bridgehead atoms. The Kier molecular flexibility index (Phi) is 4.62. The average molecular weight is 115 g/mol. The van der Waals surface area contributed by atoms with E-state index in [0.717, 1.165) is 18.4 Å². The molecule has 0 rings (SSSR count). The zero-order valence-corrected chi connectivity index (χ0v) is 5.50. The van der Waals surface area contributed by atoms with Crippen molar-refractivity contribution in [3.63, 3.8) is 0 Å². The van der Waals surface area contributed by atoms with Crippen molar-refractivity contribution in [1.29, 1.82) is 0 Å². The van der Waals surface area contributed by atoms with Gasteiger partial charge in [-0.2, -0.15) is 0 Å². The largest absolute Gasteiger partial charge is 0.246 e. The van der Waals surface area contributed by atoms with E-state index in [4.69, 9.17) is 0 Å². The molecule has 47 valence electrons. The Hall–Kier alpha value is -0.330. The van der Waals surface area contributed by atoms with Gasteiger partial charge in [-0.25, -0.2) is 4.39 Å². The minimum atomic E-state index is -0.434. The van der Waals surface area contributed by atoms with Gasteiger partial charge in [0, 0.05) is 0 Å². The summed E-state index contributed by atoms with van der Waals surface area (Å²) in [5.74, 6) is 0. The zero-order valence-electron chi connectivity index (χ0n) is 5.50. The van der Waals surface area contributed by atoms with Crippen molar-refractivity contribution in [3.8, 4) is 0 Å². The predicted octanol–water partition coefficient (Wildman–Crippen LogP) is 2.51. The van der Waals surface area contributed by atoms with Gasteiger partial charge in [0.15, 0.2) is 0 Å². The highest BCUT2D eigenvalue weighted by atomic mass is 19.1. The lowest BCUT2D eigenvalue weighted by Gasteiger charge is -1.93. The Bertz CT molecular complexity index is 68.5. The van der Waals surface area contributed by atoms with Crippen molar-refractivity contribution in [2.45, 2.75) is 26.7 Å². The summed E-state index contributed by atoms with van der Waals surface area (Å²) in [5, 5.41) is 0. The Morgan fingerprint density at radius 3 is 2.00 bits per heavy atom. The van der Waals surface area contributed by atoms with E-state index in [-0.39, 0.29) is 0 Å². The average Bonchev–Trinajstić information content (AvgIpc) is 1.83. The first kappa shape index (κ1) is 7.67. The third kappa shape index (κ3) is 2.78. The molecule has 0 fully saturated rings. The van der Waals surface area contributed by atoms with Crippen LogP contribution in [0.15, 0.2) is 5.57 Å². The lowest BCUT2D eigenvalue weighted by atomic mass is 10.1. The standard InChI is InChI=1S/C7H12F/c1-3-7(4-2)5-6-8/h3-4,6H2,1-2H3. The summed E-state index contributed by atoms with van der Waals surface area (Å²) in [6, 6.07) is 0. The maximum absolute atomic E-state index is 11.5. The zero-order chi connectivity index (χ0) is 6.41. The minimum absolute atomic E-state index is 0.434. The van der Waals surface area contributed by atoms with Gasteiger partial charge in [0.25, 0.3) is 0 Å². The van der Waals surface area contributed by atoms with E-state index in [1.54, 1.807) is 0 Å². The number of hydrogen-bond acceptors (Lipinski definition) is 0.